The van der Waals surface area contributed by atoms with Gasteiger partial charge in [-0.15, -0.1) is 0 Å². The van der Waals surface area contributed by atoms with Crippen LogP contribution in [0.5, 0.6) is 0 Å². The number of hydrogen-bond acceptors (Lipinski definition) is 2. The van der Waals surface area contributed by atoms with Gasteiger partial charge in [0.1, 0.15) is 0 Å². The van der Waals surface area contributed by atoms with E-state index in [1.807, 2.05) is 0 Å². The lowest BCUT2D eigenvalue weighted by Gasteiger charge is -2.29. The average molecular weight is 867 g/mol. The van der Waals surface area contributed by atoms with Crippen LogP contribution < -0.4 is 9.80 Å². The van der Waals surface area contributed by atoms with Gasteiger partial charge in [-0.1, -0.05) is 206 Å². The molecular weight excluding hydrogens is 821 g/mol. The van der Waals surface area contributed by atoms with Gasteiger partial charge in [-0.3, -0.25) is 0 Å². The fourth-order valence-electron chi connectivity index (χ4n) is 10.3. The first kappa shape index (κ1) is 40.5. The van der Waals surface area contributed by atoms with Crippen molar-refractivity contribution in [2.24, 2.45) is 0 Å². The van der Waals surface area contributed by atoms with Crippen LogP contribution in [0.25, 0.3) is 76.8 Å². The molecule has 0 heterocycles. The number of benzene rings is 12. The molecule has 0 amide bonds. The Hall–Kier alpha value is -8.98. The van der Waals surface area contributed by atoms with Crippen molar-refractivity contribution in [3.05, 3.63) is 279 Å². The molecular formula is C66H46N2. The van der Waals surface area contributed by atoms with Crippen LogP contribution in [0.3, 0.4) is 0 Å². The zero-order valence-corrected chi connectivity index (χ0v) is 37.5. The average Bonchev–Trinajstić information content (AvgIpc) is 3.42. The Morgan fingerprint density at radius 3 is 0.676 bits per heavy atom. The Kier molecular flexibility index (Phi) is 10.6. The number of hydrogen-bond donors (Lipinski definition) is 0. The highest BCUT2D eigenvalue weighted by molar-refractivity contribution is 6.36. The van der Waals surface area contributed by atoms with E-state index in [9.17, 15) is 0 Å². The van der Waals surface area contributed by atoms with Crippen molar-refractivity contribution >= 4 is 66.4 Å². The SMILES string of the molecule is c1ccc(-c2c(-c3ccccc3)c(-c3ccccc3)c3c4cc(N(c5ccccc5)c5ccccc5)ccc4c4ccc(N(c5ccccc5)c5ccccc5)cc4c3c2-c2ccccc2)cc1. The van der Waals surface area contributed by atoms with E-state index in [4.69, 9.17) is 0 Å². The summed E-state index contributed by atoms with van der Waals surface area (Å²) >= 11 is 0. The summed E-state index contributed by atoms with van der Waals surface area (Å²) in [6, 6.07) is 101. The summed E-state index contributed by atoms with van der Waals surface area (Å²) in [4.78, 5) is 4.76. The molecule has 0 N–H and O–H groups in total. The van der Waals surface area contributed by atoms with E-state index in [2.05, 4.69) is 289 Å². The summed E-state index contributed by atoms with van der Waals surface area (Å²) in [5.41, 5.74) is 16.0. The van der Waals surface area contributed by atoms with Gasteiger partial charge in [-0.05, 0) is 150 Å². The minimum absolute atomic E-state index is 1.08. The van der Waals surface area contributed by atoms with Crippen molar-refractivity contribution in [3.8, 4) is 44.5 Å². The lowest BCUT2D eigenvalue weighted by atomic mass is 9.76. The lowest BCUT2D eigenvalue weighted by molar-refractivity contribution is 1.29. The molecule has 320 valence electrons. The largest absolute Gasteiger partial charge is 0.310 e. The number of anilines is 6. The van der Waals surface area contributed by atoms with Gasteiger partial charge in [0.2, 0.25) is 0 Å². The highest BCUT2D eigenvalue weighted by Crippen LogP contribution is 2.55. The van der Waals surface area contributed by atoms with E-state index in [1.54, 1.807) is 0 Å². The first-order chi connectivity index (χ1) is 33.8. The molecule has 68 heavy (non-hydrogen) atoms. The molecule has 0 aliphatic carbocycles. The Balaban J connectivity index is 1.34. The van der Waals surface area contributed by atoms with E-state index in [0.717, 1.165) is 56.4 Å². The van der Waals surface area contributed by atoms with Crippen molar-refractivity contribution in [1.29, 1.82) is 0 Å². The van der Waals surface area contributed by atoms with E-state index in [0.29, 0.717) is 0 Å². The van der Waals surface area contributed by atoms with Crippen molar-refractivity contribution in [3.63, 3.8) is 0 Å². The highest BCUT2D eigenvalue weighted by Gasteiger charge is 2.28. The summed E-state index contributed by atoms with van der Waals surface area (Å²) in [5, 5.41) is 7.18. The van der Waals surface area contributed by atoms with Crippen LogP contribution in [0, 0.1) is 0 Å². The van der Waals surface area contributed by atoms with Crippen LogP contribution in [0.2, 0.25) is 0 Å². The van der Waals surface area contributed by atoms with E-state index in [-0.39, 0.29) is 0 Å². The number of rotatable bonds is 10. The predicted molar refractivity (Wildman–Crippen MR) is 290 cm³/mol. The Morgan fingerprint density at radius 1 is 0.176 bits per heavy atom. The van der Waals surface area contributed by atoms with E-state index in [1.165, 1.54) is 54.6 Å². The van der Waals surface area contributed by atoms with Gasteiger partial charge in [0, 0.05) is 34.1 Å². The van der Waals surface area contributed by atoms with E-state index < -0.39 is 0 Å². The molecule has 0 saturated heterocycles. The summed E-state index contributed by atoms with van der Waals surface area (Å²) < 4.78 is 0. The summed E-state index contributed by atoms with van der Waals surface area (Å²) in [5.74, 6) is 0. The molecule has 12 rings (SSSR count). The van der Waals surface area contributed by atoms with E-state index >= 15 is 0 Å². The third kappa shape index (κ3) is 7.26. The summed E-state index contributed by atoms with van der Waals surface area (Å²) in [7, 11) is 0. The molecule has 2 nitrogen and oxygen atoms in total. The number of para-hydroxylation sites is 4. The Bertz CT molecular complexity index is 3350. The molecule has 12 aromatic rings. The summed E-state index contributed by atoms with van der Waals surface area (Å²) in [6.07, 6.45) is 0. The third-order valence-corrected chi connectivity index (χ3v) is 13.2. The fourth-order valence-corrected chi connectivity index (χ4v) is 10.3. The van der Waals surface area contributed by atoms with Crippen molar-refractivity contribution in [1.82, 2.24) is 0 Å². The maximum atomic E-state index is 2.45. The predicted octanol–water partition coefficient (Wildman–Crippen LogP) is 18.8. The van der Waals surface area contributed by atoms with Crippen LogP contribution in [0.15, 0.2) is 279 Å². The number of fused-ring (bicyclic) bond motifs is 6. The van der Waals surface area contributed by atoms with Crippen LogP contribution in [0.1, 0.15) is 0 Å². The molecule has 12 aromatic carbocycles. The topological polar surface area (TPSA) is 6.48 Å². The van der Waals surface area contributed by atoms with Crippen LogP contribution in [-0.2, 0) is 0 Å². The Labute approximate surface area is 397 Å². The molecule has 0 atom stereocenters. The summed E-state index contributed by atoms with van der Waals surface area (Å²) in [6.45, 7) is 0. The highest BCUT2D eigenvalue weighted by atomic mass is 15.1. The minimum Gasteiger partial charge on any atom is -0.310 e. The van der Waals surface area contributed by atoms with Crippen molar-refractivity contribution in [2.45, 2.75) is 0 Å². The van der Waals surface area contributed by atoms with Crippen molar-refractivity contribution in [2.75, 3.05) is 9.80 Å². The molecule has 0 bridgehead atoms. The van der Waals surface area contributed by atoms with Gasteiger partial charge in [0.15, 0.2) is 0 Å². The van der Waals surface area contributed by atoms with Crippen LogP contribution in [0.4, 0.5) is 34.1 Å². The van der Waals surface area contributed by atoms with Crippen LogP contribution in [-0.4, -0.2) is 0 Å². The number of nitrogens with zero attached hydrogens (tertiary/aromatic N) is 2. The zero-order valence-electron chi connectivity index (χ0n) is 37.5. The van der Waals surface area contributed by atoms with Gasteiger partial charge >= 0.3 is 0 Å². The third-order valence-electron chi connectivity index (χ3n) is 13.2. The standard InChI is InChI=1S/C66H46N2/c1-9-25-47(26-10-1)61-62(48-27-11-2-12-28-48)64(50-31-15-4-16-32-50)66-60-46-56(68(53-37-21-7-22-38-53)54-39-23-8-24-40-54)42-44-58(60)57-43-41-55(45-59(57)65(66)63(61)49-29-13-3-14-30-49)67(51-33-17-5-18-34-51)52-35-19-6-20-36-52/h1-46H. The minimum atomic E-state index is 1.08. The lowest BCUT2D eigenvalue weighted by Crippen LogP contribution is -2.10. The first-order valence-electron chi connectivity index (χ1n) is 23.4. The second kappa shape index (κ2) is 17.8. The normalized spacial score (nSPS) is 11.2. The first-order valence-corrected chi connectivity index (χ1v) is 23.4. The van der Waals surface area contributed by atoms with Gasteiger partial charge in [-0.25, -0.2) is 0 Å². The molecule has 0 spiro atoms. The molecule has 2 heteroatoms. The van der Waals surface area contributed by atoms with Gasteiger partial charge in [0.25, 0.3) is 0 Å². The fraction of sp³-hybridized carbons (Fsp3) is 0. The van der Waals surface area contributed by atoms with Crippen LogP contribution >= 0.6 is 0 Å². The zero-order chi connectivity index (χ0) is 45.2. The van der Waals surface area contributed by atoms with Gasteiger partial charge < -0.3 is 9.80 Å². The quantitative estimate of drug-likeness (QED) is 0.126. The maximum absolute atomic E-state index is 2.45. The second-order valence-electron chi connectivity index (χ2n) is 17.2. The maximum Gasteiger partial charge on any atom is 0.0468 e. The molecule has 0 fully saturated rings. The molecule has 0 aliphatic heterocycles. The van der Waals surface area contributed by atoms with Crippen molar-refractivity contribution < 1.29 is 0 Å². The molecule has 0 radical (unpaired) electrons. The Morgan fingerprint density at radius 2 is 0.412 bits per heavy atom. The van der Waals surface area contributed by atoms with Gasteiger partial charge in [0.05, 0.1) is 0 Å². The smallest absolute Gasteiger partial charge is 0.0468 e. The monoisotopic (exact) mass is 866 g/mol. The molecule has 0 unspecified atom stereocenters. The van der Waals surface area contributed by atoms with Gasteiger partial charge in [-0.2, -0.15) is 0 Å². The second-order valence-corrected chi connectivity index (χ2v) is 17.2. The molecule has 0 saturated carbocycles. The molecule has 0 aromatic heterocycles. The molecule has 0 aliphatic rings.